The van der Waals surface area contributed by atoms with Crippen LogP contribution in [0.5, 0.6) is 0 Å². The van der Waals surface area contributed by atoms with Crippen molar-refractivity contribution in [2.75, 3.05) is 10.6 Å². The zero-order valence-electron chi connectivity index (χ0n) is 16.7. The first kappa shape index (κ1) is 20.7. The average Bonchev–Trinajstić information content (AvgIpc) is 3.39. The maximum Gasteiger partial charge on any atom is 0.293 e. The number of hydrogen-bond donors (Lipinski definition) is 3. The largest absolute Gasteiger partial charge is 0.459 e. The van der Waals surface area contributed by atoms with E-state index in [0.717, 1.165) is 21.3 Å². The van der Waals surface area contributed by atoms with Gasteiger partial charge in [0, 0.05) is 11.3 Å². The highest BCUT2D eigenvalue weighted by molar-refractivity contribution is 7.80. The Morgan fingerprint density at radius 1 is 1.00 bits per heavy atom. The number of aryl methyl sites for hydroxylation is 2. The van der Waals surface area contributed by atoms with E-state index in [1.165, 1.54) is 17.6 Å². The van der Waals surface area contributed by atoms with E-state index >= 15 is 0 Å². The Hall–Kier alpha value is -3.56. The van der Waals surface area contributed by atoms with E-state index in [1.807, 2.05) is 38.1 Å². The van der Waals surface area contributed by atoms with Gasteiger partial charge in [-0.25, -0.2) is 4.98 Å². The van der Waals surface area contributed by atoms with Gasteiger partial charge in [-0.1, -0.05) is 17.4 Å². The molecule has 0 spiro atoms. The minimum Gasteiger partial charge on any atom is -0.459 e. The number of furan rings is 1. The van der Waals surface area contributed by atoms with E-state index < -0.39 is 0 Å². The molecule has 2 aromatic carbocycles. The molecule has 0 aliphatic heterocycles. The van der Waals surface area contributed by atoms with Crippen LogP contribution in [-0.4, -0.2) is 21.9 Å². The van der Waals surface area contributed by atoms with Gasteiger partial charge in [0.25, 0.3) is 11.8 Å². The molecule has 3 N–H and O–H groups in total. The highest BCUT2D eigenvalue weighted by atomic mass is 32.1. The SMILES string of the molecule is Cc1ccc(C(=O)NC(=S)Nc2ccc3nc(NC(=O)c4ccco4)sc3c2)cc1C. The second-order valence-corrected chi connectivity index (χ2v) is 8.28. The van der Waals surface area contributed by atoms with Crippen molar-refractivity contribution in [1.29, 1.82) is 0 Å². The maximum atomic E-state index is 12.4. The molecule has 2 heterocycles. The lowest BCUT2D eigenvalue weighted by Gasteiger charge is -2.10. The topological polar surface area (TPSA) is 96.3 Å². The van der Waals surface area contributed by atoms with Gasteiger partial charge in [0.1, 0.15) is 0 Å². The van der Waals surface area contributed by atoms with E-state index in [1.54, 1.807) is 24.3 Å². The molecule has 0 unspecified atom stereocenters. The lowest BCUT2D eigenvalue weighted by Crippen LogP contribution is -2.34. The molecular weight excluding hydrogens is 432 g/mol. The summed E-state index contributed by atoms with van der Waals surface area (Å²) >= 11 is 6.60. The summed E-state index contributed by atoms with van der Waals surface area (Å²) < 4.78 is 5.94. The Kier molecular flexibility index (Phi) is 5.79. The number of carbonyl (C=O) groups excluding carboxylic acids is 2. The highest BCUT2D eigenvalue weighted by Crippen LogP contribution is 2.28. The molecule has 0 aliphatic carbocycles. The van der Waals surface area contributed by atoms with Crippen LogP contribution in [0, 0.1) is 13.8 Å². The van der Waals surface area contributed by atoms with E-state index in [0.29, 0.717) is 16.4 Å². The van der Waals surface area contributed by atoms with Gasteiger partial charge in [-0.15, -0.1) is 0 Å². The van der Waals surface area contributed by atoms with Crippen molar-refractivity contribution < 1.29 is 14.0 Å². The van der Waals surface area contributed by atoms with Crippen molar-refractivity contribution in [3.8, 4) is 0 Å². The summed E-state index contributed by atoms with van der Waals surface area (Å²) in [5.41, 5.74) is 4.13. The molecule has 0 radical (unpaired) electrons. The number of thiazole rings is 1. The van der Waals surface area contributed by atoms with Crippen molar-refractivity contribution in [3.63, 3.8) is 0 Å². The molecule has 31 heavy (non-hydrogen) atoms. The normalized spacial score (nSPS) is 10.6. The third kappa shape index (κ3) is 4.79. The standard InChI is InChI=1S/C22H18N4O3S2/c1-12-5-6-14(10-13(12)2)19(27)25-21(30)23-15-7-8-16-18(11-15)31-22(24-16)26-20(28)17-4-3-9-29-17/h3-11H,1-2H3,(H,24,26,28)(H2,23,25,27,30). The molecular formula is C22H18N4O3S2. The highest BCUT2D eigenvalue weighted by Gasteiger charge is 2.13. The van der Waals surface area contributed by atoms with E-state index in [4.69, 9.17) is 16.6 Å². The number of fused-ring (bicyclic) bond motifs is 1. The van der Waals surface area contributed by atoms with Crippen molar-refractivity contribution in [2.24, 2.45) is 0 Å². The van der Waals surface area contributed by atoms with Crippen LogP contribution in [0.4, 0.5) is 10.8 Å². The summed E-state index contributed by atoms with van der Waals surface area (Å²) in [5.74, 6) is -0.425. The number of rotatable bonds is 4. The fourth-order valence-corrected chi connectivity index (χ4v) is 3.95. The summed E-state index contributed by atoms with van der Waals surface area (Å²) in [6, 6.07) is 14.2. The molecule has 0 atom stereocenters. The van der Waals surface area contributed by atoms with Crippen LogP contribution in [0.3, 0.4) is 0 Å². The van der Waals surface area contributed by atoms with Crippen molar-refractivity contribution in [3.05, 3.63) is 77.2 Å². The molecule has 0 saturated carbocycles. The molecule has 2 amide bonds. The molecule has 0 aliphatic rings. The minimum atomic E-state index is -0.363. The Morgan fingerprint density at radius 3 is 2.58 bits per heavy atom. The summed E-state index contributed by atoms with van der Waals surface area (Å²) in [5, 5.41) is 9.07. The Labute approximate surface area is 187 Å². The second kappa shape index (κ2) is 8.66. The number of nitrogens with zero attached hydrogens (tertiary/aromatic N) is 1. The Balaban J connectivity index is 1.42. The van der Waals surface area contributed by atoms with Crippen molar-refractivity contribution in [1.82, 2.24) is 10.3 Å². The van der Waals surface area contributed by atoms with Gasteiger partial charge in [-0.3, -0.25) is 20.2 Å². The number of benzene rings is 2. The van der Waals surface area contributed by atoms with Gasteiger partial charge in [0.05, 0.1) is 16.5 Å². The van der Waals surface area contributed by atoms with Crippen LogP contribution in [0.2, 0.25) is 0 Å². The first-order valence-electron chi connectivity index (χ1n) is 9.34. The molecule has 7 nitrogen and oxygen atoms in total. The van der Waals surface area contributed by atoms with Crippen molar-refractivity contribution >= 4 is 61.5 Å². The summed E-state index contributed by atoms with van der Waals surface area (Å²) in [4.78, 5) is 28.9. The third-order valence-corrected chi connectivity index (χ3v) is 5.75. The number of aromatic nitrogens is 1. The van der Waals surface area contributed by atoms with Crippen LogP contribution < -0.4 is 16.0 Å². The number of thiocarbonyl (C=S) groups is 1. The van der Waals surface area contributed by atoms with E-state index in [-0.39, 0.29) is 22.7 Å². The second-order valence-electron chi connectivity index (χ2n) is 6.84. The quantitative estimate of drug-likeness (QED) is 0.383. The van der Waals surface area contributed by atoms with E-state index in [9.17, 15) is 9.59 Å². The number of anilines is 2. The summed E-state index contributed by atoms with van der Waals surface area (Å²) in [7, 11) is 0. The molecule has 4 aromatic rings. The molecule has 156 valence electrons. The van der Waals surface area contributed by atoms with Crippen molar-refractivity contribution in [2.45, 2.75) is 13.8 Å². The Bertz CT molecular complexity index is 1300. The monoisotopic (exact) mass is 450 g/mol. The fraction of sp³-hybridized carbons (Fsp3) is 0.0909. The lowest BCUT2D eigenvalue weighted by molar-refractivity contribution is 0.0975. The maximum absolute atomic E-state index is 12.4. The molecule has 9 heteroatoms. The fourth-order valence-electron chi connectivity index (χ4n) is 2.84. The molecule has 2 aromatic heterocycles. The van der Waals surface area contributed by atoms with Crippen LogP contribution in [0.25, 0.3) is 10.2 Å². The zero-order chi connectivity index (χ0) is 22.0. The third-order valence-electron chi connectivity index (χ3n) is 4.61. The lowest BCUT2D eigenvalue weighted by atomic mass is 10.1. The predicted octanol–water partition coefficient (Wildman–Crippen LogP) is 4.89. The number of carbonyl (C=O) groups is 2. The zero-order valence-corrected chi connectivity index (χ0v) is 18.3. The van der Waals surface area contributed by atoms with Gasteiger partial charge >= 0.3 is 0 Å². The summed E-state index contributed by atoms with van der Waals surface area (Å²) in [6.45, 7) is 3.95. The van der Waals surface area contributed by atoms with Gasteiger partial charge in [-0.05, 0) is 79.7 Å². The average molecular weight is 451 g/mol. The van der Waals surface area contributed by atoms with Gasteiger partial charge < -0.3 is 9.73 Å². The van der Waals surface area contributed by atoms with Crippen LogP contribution in [-0.2, 0) is 0 Å². The number of nitrogens with one attached hydrogen (secondary N) is 3. The predicted molar refractivity (Wildman–Crippen MR) is 126 cm³/mol. The Morgan fingerprint density at radius 2 is 1.84 bits per heavy atom. The smallest absolute Gasteiger partial charge is 0.293 e. The van der Waals surface area contributed by atoms with Gasteiger partial charge in [0.2, 0.25) is 0 Å². The molecule has 0 bridgehead atoms. The first-order chi connectivity index (χ1) is 14.9. The van der Waals surface area contributed by atoms with Crippen LogP contribution >= 0.6 is 23.6 Å². The van der Waals surface area contributed by atoms with Crippen LogP contribution in [0.1, 0.15) is 32.0 Å². The summed E-state index contributed by atoms with van der Waals surface area (Å²) in [6.07, 6.45) is 1.44. The minimum absolute atomic E-state index is 0.193. The molecule has 0 fully saturated rings. The number of amides is 2. The molecule has 4 rings (SSSR count). The molecule has 0 saturated heterocycles. The van der Waals surface area contributed by atoms with Gasteiger partial charge in [0.15, 0.2) is 16.0 Å². The van der Waals surface area contributed by atoms with Crippen LogP contribution in [0.15, 0.2) is 59.2 Å². The van der Waals surface area contributed by atoms with Gasteiger partial charge in [-0.2, -0.15) is 0 Å². The number of hydrogen-bond acceptors (Lipinski definition) is 6. The first-order valence-corrected chi connectivity index (χ1v) is 10.6. The van der Waals surface area contributed by atoms with E-state index in [2.05, 4.69) is 20.9 Å².